The molecular formula is C2H8O3P2. The van der Waals surface area contributed by atoms with E-state index in [2.05, 4.69) is 0 Å². The highest BCUT2D eigenvalue weighted by Gasteiger charge is 1.80. The van der Waals surface area contributed by atoms with Gasteiger partial charge in [-0.3, -0.25) is 4.79 Å². The van der Waals surface area contributed by atoms with Crippen LogP contribution < -0.4 is 0 Å². The van der Waals surface area contributed by atoms with Gasteiger partial charge in [0.1, 0.15) is 0 Å². The van der Waals surface area contributed by atoms with Crippen molar-refractivity contribution >= 4 is 32.1 Å². The lowest BCUT2D eigenvalue weighted by molar-refractivity contribution is -0.143. The second-order valence-electron chi connectivity index (χ2n) is 0.456. The Kier molecular flexibility index (Phi) is 21.1. The van der Waals surface area contributed by atoms with Crippen molar-refractivity contribution in [3.05, 3.63) is 0 Å². The van der Waals surface area contributed by atoms with Gasteiger partial charge in [0.05, 0.1) is 0 Å². The molecule has 0 radical (unpaired) electrons. The molecule has 0 heterocycles. The van der Waals surface area contributed by atoms with Gasteiger partial charge in [0.15, 0.2) is 0 Å². The van der Waals surface area contributed by atoms with Crippen molar-refractivity contribution in [3.8, 4) is 0 Å². The summed E-state index contributed by atoms with van der Waals surface area (Å²) in [6, 6.07) is 0. The number of carbonyl (C=O) groups is 2. The molecule has 0 saturated heterocycles. The maximum Gasteiger partial charge on any atom is 0.368 e. The normalized spacial score (nSPS) is 4.57. The standard InChI is InChI=1S/C2H2O3.2H3P/c3-1-2(4)5;;/h1H,(H,4,5);2*1H3. The average molecular weight is 142 g/mol. The first-order chi connectivity index (χ1) is 2.27. The summed E-state index contributed by atoms with van der Waals surface area (Å²) in [5.74, 6) is -1.43. The van der Waals surface area contributed by atoms with Crippen LogP contribution in [0, 0.1) is 0 Å². The summed E-state index contributed by atoms with van der Waals surface area (Å²) in [5, 5.41) is 7.35. The Labute approximate surface area is 47.7 Å². The smallest absolute Gasteiger partial charge is 0.368 e. The van der Waals surface area contributed by atoms with E-state index in [0.29, 0.717) is 0 Å². The van der Waals surface area contributed by atoms with Crippen molar-refractivity contribution in [1.82, 2.24) is 0 Å². The molecule has 5 heteroatoms. The summed E-state index contributed by atoms with van der Waals surface area (Å²) < 4.78 is 0. The van der Waals surface area contributed by atoms with E-state index in [9.17, 15) is 0 Å². The number of carbonyl (C=O) groups excluding carboxylic acids is 1. The molecule has 2 atom stereocenters. The summed E-state index contributed by atoms with van der Waals surface area (Å²) >= 11 is 0. The molecule has 0 fully saturated rings. The van der Waals surface area contributed by atoms with Gasteiger partial charge in [-0.15, -0.1) is 0 Å². The van der Waals surface area contributed by atoms with E-state index in [1.54, 1.807) is 0 Å². The van der Waals surface area contributed by atoms with Crippen LogP contribution in [-0.2, 0) is 9.59 Å². The third-order valence-electron chi connectivity index (χ3n) is 0.101. The number of hydrogen-bond acceptors (Lipinski definition) is 2. The highest BCUT2D eigenvalue weighted by molar-refractivity contribution is 6.92. The molecule has 0 aliphatic carbocycles. The molecule has 0 bridgehead atoms. The first kappa shape index (κ1) is 15.8. The van der Waals surface area contributed by atoms with Gasteiger partial charge in [-0.2, -0.15) is 19.8 Å². The molecule has 0 aliphatic rings. The van der Waals surface area contributed by atoms with E-state index in [0.717, 1.165) is 0 Å². The monoisotopic (exact) mass is 142 g/mol. The minimum absolute atomic E-state index is 0. The Hall–Kier alpha value is -0.000000000000000111. The molecular weight excluding hydrogens is 134 g/mol. The molecule has 0 aliphatic heterocycles. The van der Waals surface area contributed by atoms with Crippen LogP contribution in [0.2, 0.25) is 0 Å². The van der Waals surface area contributed by atoms with Crippen LogP contribution >= 0.6 is 19.8 Å². The van der Waals surface area contributed by atoms with Crippen molar-refractivity contribution < 1.29 is 14.7 Å². The number of aliphatic carboxylic acids is 1. The van der Waals surface area contributed by atoms with Crippen LogP contribution in [0.25, 0.3) is 0 Å². The maximum absolute atomic E-state index is 9.00. The van der Waals surface area contributed by atoms with E-state index in [-0.39, 0.29) is 26.1 Å². The lowest BCUT2D eigenvalue weighted by Gasteiger charge is -1.59. The van der Waals surface area contributed by atoms with Gasteiger partial charge in [-0.1, -0.05) is 0 Å². The van der Waals surface area contributed by atoms with Gasteiger partial charge < -0.3 is 5.11 Å². The first-order valence-electron chi connectivity index (χ1n) is 0.952. The predicted octanol–water partition coefficient (Wildman–Crippen LogP) is -0.614. The fourth-order valence-electron chi connectivity index (χ4n) is 0. The zero-order chi connectivity index (χ0) is 4.28. The minimum Gasteiger partial charge on any atom is -0.476 e. The predicted molar refractivity (Wildman–Crippen MR) is 35.9 cm³/mol. The van der Waals surface area contributed by atoms with Crippen LogP contribution in [0.3, 0.4) is 0 Å². The Balaban J connectivity index is -0.0000000800. The van der Waals surface area contributed by atoms with Gasteiger partial charge >= 0.3 is 5.97 Å². The fourth-order valence-corrected chi connectivity index (χ4v) is 0. The van der Waals surface area contributed by atoms with Gasteiger partial charge in [-0.05, 0) is 0 Å². The van der Waals surface area contributed by atoms with Crippen LogP contribution in [0.1, 0.15) is 0 Å². The summed E-state index contributed by atoms with van der Waals surface area (Å²) in [6.45, 7) is 0. The van der Waals surface area contributed by atoms with Crippen molar-refractivity contribution in [2.75, 3.05) is 0 Å². The summed E-state index contributed by atoms with van der Waals surface area (Å²) in [7, 11) is 0. The van der Waals surface area contributed by atoms with Crippen molar-refractivity contribution in [1.29, 1.82) is 0 Å². The van der Waals surface area contributed by atoms with E-state index in [4.69, 9.17) is 14.7 Å². The van der Waals surface area contributed by atoms with Gasteiger partial charge in [0, 0.05) is 0 Å². The summed E-state index contributed by atoms with van der Waals surface area (Å²) in [5.41, 5.74) is 0. The van der Waals surface area contributed by atoms with E-state index >= 15 is 0 Å². The zero-order valence-corrected chi connectivity index (χ0v) is 6.58. The van der Waals surface area contributed by atoms with Gasteiger partial charge in [0.2, 0.25) is 6.29 Å². The van der Waals surface area contributed by atoms with Gasteiger partial charge in [-0.25, -0.2) is 4.79 Å². The molecule has 7 heavy (non-hydrogen) atoms. The molecule has 0 aromatic heterocycles. The van der Waals surface area contributed by atoms with Crippen LogP contribution in [0.4, 0.5) is 0 Å². The Bertz CT molecular complexity index is 62.0. The molecule has 0 amide bonds. The molecule has 44 valence electrons. The topological polar surface area (TPSA) is 54.4 Å². The number of carboxylic acids is 1. The van der Waals surface area contributed by atoms with Crippen LogP contribution in [0.15, 0.2) is 0 Å². The lowest BCUT2D eigenvalue weighted by Crippen LogP contribution is -1.91. The summed E-state index contributed by atoms with van der Waals surface area (Å²) in [4.78, 5) is 17.9. The number of carboxylic acid groups (broad SMARTS) is 1. The second kappa shape index (κ2) is 9.38. The molecule has 1 N–H and O–H groups in total. The molecule has 2 unspecified atom stereocenters. The van der Waals surface area contributed by atoms with E-state index < -0.39 is 5.97 Å². The quantitative estimate of drug-likeness (QED) is 0.301. The van der Waals surface area contributed by atoms with Crippen LogP contribution in [-0.4, -0.2) is 17.4 Å². The zero-order valence-electron chi connectivity index (χ0n) is 3.76. The van der Waals surface area contributed by atoms with Crippen LogP contribution in [0.5, 0.6) is 0 Å². The molecule has 3 nitrogen and oxygen atoms in total. The van der Waals surface area contributed by atoms with Crippen molar-refractivity contribution in [2.45, 2.75) is 0 Å². The highest BCUT2D eigenvalue weighted by Crippen LogP contribution is 1.39. The van der Waals surface area contributed by atoms with E-state index in [1.165, 1.54) is 0 Å². The molecule has 0 aromatic carbocycles. The van der Waals surface area contributed by atoms with Crippen molar-refractivity contribution in [2.24, 2.45) is 0 Å². The molecule has 0 saturated carbocycles. The third-order valence-corrected chi connectivity index (χ3v) is 0.101. The van der Waals surface area contributed by atoms with Crippen molar-refractivity contribution in [3.63, 3.8) is 0 Å². The fraction of sp³-hybridized carbons (Fsp3) is 0. The number of aldehydes is 1. The molecule has 0 spiro atoms. The molecule has 0 aromatic rings. The maximum atomic E-state index is 9.00. The lowest BCUT2D eigenvalue weighted by atomic mass is 10.8. The minimum atomic E-state index is -1.43. The second-order valence-corrected chi connectivity index (χ2v) is 0.456. The number of hydrogen-bond donors (Lipinski definition) is 1. The number of rotatable bonds is 1. The van der Waals surface area contributed by atoms with Gasteiger partial charge in [0.25, 0.3) is 0 Å². The largest absolute Gasteiger partial charge is 0.476 e. The highest BCUT2D eigenvalue weighted by atomic mass is 31.0. The third kappa shape index (κ3) is 24.0. The van der Waals surface area contributed by atoms with E-state index in [1.807, 2.05) is 0 Å². The SMILES string of the molecule is O=CC(=O)O.P.P. The Morgan fingerprint density at radius 1 is 1.43 bits per heavy atom. The average Bonchev–Trinajstić information content (AvgIpc) is 1.38. The Morgan fingerprint density at radius 2 is 1.57 bits per heavy atom. The summed E-state index contributed by atoms with van der Waals surface area (Å²) in [6.07, 6.45) is -0.167. The molecule has 0 rings (SSSR count). The Morgan fingerprint density at radius 3 is 1.57 bits per heavy atom. The first-order valence-corrected chi connectivity index (χ1v) is 0.952.